The van der Waals surface area contributed by atoms with E-state index in [0.29, 0.717) is 3.57 Å². The third-order valence-electron chi connectivity index (χ3n) is 2.10. The van der Waals surface area contributed by atoms with Gasteiger partial charge in [-0.2, -0.15) is 0 Å². The van der Waals surface area contributed by atoms with Crippen molar-refractivity contribution in [3.63, 3.8) is 0 Å². The first-order chi connectivity index (χ1) is 8.01. The molecule has 0 saturated carbocycles. The molecule has 0 spiro atoms. The highest BCUT2D eigenvalue weighted by molar-refractivity contribution is 14.1. The van der Waals surface area contributed by atoms with Crippen molar-refractivity contribution >= 4 is 28.6 Å². The van der Waals surface area contributed by atoms with Crippen LogP contribution < -0.4 is 4.74 Å². The summed E-state index contributed by atoms with van der Waals surface area (Å²) in [6, 6.07) is 0. The molecule has 0 aliphatic rings. The van der Waals surface area contributed by atoms with Crippen LogP contribution in [-0.4, -0.2) is 25.2 Å². The quantitative estimate of drug-likeness (QED) is 0.613. The van der Waals surface area contributed by atoms with Crippen molar-refractivity contribution in [2.24, 2.45) is 0 Å². The molecule has 94 valence electrons. The zero-order valence-electron chi connectivity index (χ0n) is 9.17. The molecule has 0 aromatic carbocycles. The van der Waals surface area contributed by atoms with Gasteiger partial charge in [-0.3, -0.25) is 4.79 Å². The zero-order valence-corrected chi connectivity index (χ0v) is 11.3. The lowest BCUT2D eigenvalue weighted by molar-refractivity contribution is -0.139. The summed E-state index contributed by atoms with van der Waals surface area (Å²) >= 11 is 1.82. The largest absolute Gasteiger partial charge is 0.480 e. The molecule has 0 aliphatic carbocycles. The number of halogens is 3. The Balaban J connectivity index is 3.24. The first-order valence-electron chi connectivity index (χ1n) is 4.57. The average molecular weight is 357 g/mol. The number of pyridine rings is 1. The molecule has 0 atom stereocenters. The third-order valence-corrected chi connectivity index (χ3v) is 3.21. The summed E-state index contributed by atoms with van der Waals surface area (Å²) in [5.74, 6) is -0.369. The van der Waals surface area contributed by atoms with Crippen molar-refractivity contribution in [1.82, 2.24) is 4.98 Å². The predicted octanol–water partition coefficient (Wildman–Crippen LogP) is 2.35. The molecule has 17 heavy (non-hydrogen) atoms. The van der Waals surface area contributed by atoms with Crippen molar-refractivity contribution in [1.29, 1.82) is 0 Å². The van der Waals surface area contributed by atoms with Gasteiger partial charge in [-0.25, -0.2) is 13.8 Å². The summed E-state index contributed by atoms with van der Waals surface area (Å²) < 4.78 is 35.3. The summed E-state index contributed by atoms with van der Waals surface area (Å²) in [5, 5.41) is 0. The minimum absolute atomic E-state index is 0.194. The number of methoxy groups -OCH3 is 2. The maximum Gasteiger partial charge on any atom is 0.310 e. The molecular weight excluding hydrogens is 347 g/mol. The minimum Gasteiger partial charge on any atom is -0.480 e. The second kappa shape index (κ2) is 6.08. The number of alkyl halides is 2. The van der Waals surface area contributed by atoms with E-state index in [4.69, 9.17) is 4.74 Å². The lowest BCUT2D eigenvalue weighted by Gasteiger charge is -2.12. The van der Waals surface area contributed by atoms with Gasteiger partial charge in [-0.15, -0.1) is 0 Å². The highest BCUT2D eigenvalue weighted by Crippen LogP contribution is 2.31. The summed E-state index contributed by atoms with van der Waals surface area (Å²) in [6.07, 6.45) is -1.90. The van der Waals surface area contributed by atoms with Crippen LogP contribution in [0.25, 0.3) is 0 Å². The van der Waals surface area contributed by atoms with Crippen LogP contribution in [0.5, 0.6) is 5.88 Å². The monoisotopic (exact) mass is 357 g/mol. The molecule has 0 bridgehead atoms. The van der Waals surface area contributed by atoms with E-state index >= 15 is 0 Å². The molecule has 0 saturated heterocycles. The molecule has 0 N–H and O–H groups in total. The van der Waals surface area contributed by atoms with Crippen molar-refractivity contribution < 1.29 is 23.0 Å². The fourth-order valence-corrected chi connectivity index (χ4v) is 2.11. The average Bonchev–Trinajstić information content (AvgIpc) is 2.30. The van der Waals surface area contributed by atoms with E-state index in [-0.39, 0.29) is 23.4 Å². The van der Waals surface area contributed by atoms with E-state index < -0.39 is 12.4 Å². The SMILES string of the molecule is COC(=O)Cc1c(C(F)F)cnc(OC)c1I. The first kappa shape index (κ1) is 14.1. The molecule has 1 rings (SSSR count). The van der Waals surface area contributed by atoms with E-state index in [0.717, 1.165) is 6.20 Å². The summed E-state index contributed by atoms with van der Waals surface area (Å²) in [7, 11) is 2.59. The van der Waals surface area contributed by atoms with Gasteiger partial charge in [0.2, 0.25) is 5.88 Å². The van der Waals surface area contributed by atoms with Crippen molar-refractivity contribution in [2.75, 3.05) is 14.2 Å². The molecule has 7 heteroatoms. The van der Waals surface area contributed by atoms with Gasteiger partial charge in [-0.1, -0.05) is 0 Å². The number of rotatable bonds is 4. The van der Waals surface area contributed by atoms with Crippen molar-refractivity contribution in [2.45, 2.75) is 12.8 Å². The lowest BCUT2D eigenvalue weighted by atomic mass is 10.1. The third kappa shape index (κ3) is 3.24. The second-order valence-electron chi connectivity index (χ2n) is 3.07. The van der Waals surface area contributed by atoms with Gasteiger partial charge in [0, 0.05) is 11.8 Å². The number of hydrogen-bond acceptors (Lipinski definition) is 4. The van der Waals surface area contributed by atoms with Crippen LogP contribution in [0, 0.1) is 3.57 Å². The van der Waals surface area contributed by atoms with Gasteiger partial charge < -0.3 is 9.47 Å². The van der Waals surface area contributed by atoms with Gasteiger partial charge in [-0.05, 0) is 28.2 Å². The Hall–Kier alpha value is -0.990. The van der Waals surface area contributed by atoms with Gasteiger partial charge in [0.1, 0.15) is 0 Å². The number of ether oxygens (including phenoxy) is 2. The smallest absolute Gasteiger partial charge is 0.310 e. The van der Waals surface area contributed by atoms with Crippen LogP contribution in [0.3, 0.4) is 0 Å². The maximum atomic E-state index is 12.8. The van der Waals surface area contributed by atoms with Crippen molar-refractivity contribution in [3.8, 4) is 5.88 Å². The van der Waals surface area contributed by atoms with E-state index in [1.165, 1.54) is 14.2 Å². The number of aromatic nitrogens is 1. The van der Waals surface area contributed by atoms with Crippen molar-refractivity contribution in [3.05, 3.63) is 20.9 Å². The Morgan fingerprint density at radius 3 is 2.65 bits per heavy atom. The standard InChI is InChI=1S/C10H10F2INO3/c1-16-7(15)3-5-6(9(11)12)4-14-10(17-2)8(5)13/h4,9H,3H2,1-2H3. The number of carbonyl (C=O) groups excluding carboxylic acids is 1. The van der Waals surface area contributed by atoms with Gasteiger partial charge in [0.05, 0.1) is 24.2 Å². The Labute approximate surface area is 110 Å². The molecule has 1 aromatic heterocycles. The predicted molar refractivity (Wildman–Crippen MR) is 64.2 cm³/mol. The van der Waals surface area contributed by atoms with E-state index in [9.17, 15) is 13.6 Å². The Bertz CT molecular complexity index is 426. The van der Waals surface area contributed by atoms with Crippen LogP contribution >= 0.6 is 22.6 Å². The molecule has 0 radical (unpaired) electrons. The van der Waals surface area contributed by atoms with Crippen LogP contribution in [0.4, 0.5) is 8.78 Å². The molecule has 0 unspecified atom stereocenters. The maximum absolute atomic E-state index is 12.8. The normalized spacial score (nSPS) is 10.5. The van der Waals surface area contributed by atoms with Gasteiger partial charge in [0.25, 0.3) is 6.43 Å². The van der Waals surface area contributed by atoms with Crippen LogP contribution in [-0.2, 0) is 16.0 Å². The van der Waals surface area contributed by atoms with Gasteiger partial charge >= 0.3 is 5.97 Å². The molecule has 0 aliphatic heterocycles. The summed E-state index contributed by atoms with van der Waals surface area (Å²) in [5.41, 5.74) is -0.0834. The van der Waals surface area contributed by atoms with E-state index in [1.54, 1.807) is 0 Å². The minimum atomic E-state index is -2.69. The topological polar surface area (TPSA) is 48.4 Å². The number of hydrogen-bond donors (Lipinski definition) is 0. The molecule has 0 fully saturated rings. The van der Waals surface area contributed by atoms with Crippen LogP contribution in [0.1, 0.15) is 17.6 Å². The highest BCUT2D eigenvalue weighted by Gasteiger charge is 2.21. The van der Waals surface area contributed by atoms with Crippen LogP contribution in [0.2, 0.25) is 0 Å². The van der Waals surface area contributed by atoms with E-state index in [1.807, 2.05) is 22.6 Å². The Morgan fingerprint density at radius 1 is 1.53 bits per heavy atom. The molecule has 1 aromatic rings. The first-order valence-corrected chi connectivity index (χ1v) is 5.65. The lowest BCUT2D eigenvalue weighted by Crippen LogP contribution is -2.10. The molecular formula is C10H10F2INO3. The Morgan fingerprint density at radius 2 is 2.18 bits per heavy atom. The fraction of sp³-hybridized carbons (Fsp3) is 0.400. The summed E-state index contributed by atoms with van der Waals surface area (Å²) in [6.45, 7) is 0. The summed E-state index contributed by atoms with van der Waals surface area (Å²) in [4.78, 5) is 14.9. The molecule has 0 amide bonds. The van der Waals surface area contributed by atoms with Crippen LogP contribution in [0.15, 0.2) is 6.20 Å². The molecule has 4 nitrogen and oxygen atoms in total. The molecule has 1 heterocycles. The van der Waals surface area contributed by atoms with E-state index in [2.05, 4.69) is 9.72 Å². The second-order valence-corrected chi connectivity index (χ2v) is 4.15. The number of carbonyl (C=O) groups is 1. The number of esters is 1. The Kier molecular flexibility index (Phi) is 5.03. The number of nitrogens with zero attached hydrogens (tertiary/aromatic N) is 1. The highest BCUT2D eigenvalue weighted by atomic mass is 127. The zero-order chi connectivity index (χ0) is 13.0. The van der Waals surface area contributed by atoms with Gasteiger partial charge in [0.15, 0.2) is 0 Å². The fourth-order valence-electron chi connectivity index (χ4n) is 1.25.